The highest BCUT2D eigenvalue weighted by Crippen LogP contribution is 2.25. The molecule has 0 atom stereocenters. The zero-order valence-corrected chi connectivity index (χ0v) is 18.7. The van der Waals surface area contributed by atoms with Gasteiger partial charge >= 0.3 is 0 Å². The van der Waals surface area contributed by atoms with E-state index >= 15 is 0 Å². The summed E-state index contributed by atoms with van der Waals surface area (Å²) in [5.74, 6) is -0.379. The smallest absolute Gasteiger partial charge is 0.252 e. The molecule has 1 saturated heterocycles. The maximum atomic E-state index is 12.9. The van der Waals surface area contributed by atoms with Crippen LogP contribution in [0.2, 0.25) is 5.02 Å². The number of carbonyl (C=O) groups excluding carboxylic acids is 1. The molecule has 2 aromatic carbocycles. The van der Waals surface area contributed by atoms with Crippen molar-refractivity contribution in [3.05, 3.63) is 59.4 Å². The van der Waals surface area contributed by atoms with Gasteiger partial charge in [-0.05, 0) is 49.6 Å². The highest BCUT2D eigenvalue weighted by molar-refractivity contribution is 7.89. The van der Waals surface area contributed by atoms with Crippen molar-refractivity contribution in [2.24, 2.45) is 0 Å². The number of nitrogens with zero attached hydrogens (tertiary/aromatic N) is 3. The van der Waals surface area contributed by atoms with Crippen LogP contribution in [-0.2, 0) is 16.6 Å². The third-order valence-electron chi connectivity index (χ3n) is 5.52. The van der Waals surface area contributed by atoms with Crippen molar-refractivity contribution in [2.75, 3.05) is 19.6 Å². The first-order valence-electron chi connectivity index (χ1n) is 10.4. The van der Waals surface area contributed by atoms with Gasteiger partial charge in [0.15, 0.2) is 0 Å². The molecule has 1 aromatic heterocycles. The molecular formula is C22H25ClN4O3S. The van der Waals surface area contributed by atoms with Gasteiger partial charge in [-0.1, -0.05) is 30.2 Å². The zero-order valence-electron chi connectivity index (χ0n) is 17.1. The Balaban J connectivity index is 1.39. The van der Waals surface area contributed by atoms with E-state index < -0.39 is 10.0 Å². The zero-order chi connectivity index (χ0) is 21.8. The van der Waals surface area contributed by atoms with Gasteiger partial charge in [-0.25, -0.2) is 13.4 Å². The number of rotatable bonds is 7. The Labute approximate surface area is 187 Å². The number of amides is 1. The Morgan fingerprint density at radius 3 is 2.68 bits per heavy atom. The average molecular weight is 461 g/mol. The Morgan fingerprint density at radius 2 is 1.87 bits per heavy atom. The van der Waals surface area contributed by atoms with E-state index in [0.29, 0.717) is 32.6 Å². The fourth-order valence-corrected chi connectivity index (χ4v) is 5.58. The van der Waals surface area contributed by atoms with Crippen molar-refractivity contribution in [1.82, 2.24) is 19.2 Å². The molecule has 0 aliphatic carbocycles. The number of benzene rings is 2. The first kappa shape index (κ1) is 21.8. The predicted molar refractivity (Wildman–Crippen MR) is 121 cm³/mol. The first-order chi connectivity index (χ1) is 15.0. The van der Waals surface area contributed by atoms with Crippen molar-refractivity contribution in [3.63, 3.8) is 0 Å². The van der Waals surface area contributed by atoms with Crippen molar-refractivity contribution >= 4 is 38.6 Å². The van der Waals surface area contributed by atoms with Crippen LogP contribution < -0.4 is 5.32 Å². The number of imidazole rings is 1. The molecule has 2 heterocycles. The number of fused-ring (bicyclic) bond motifs is 1. The van der Waals surface area contributed by atoms with E-state index in [9.17, 15) is 13.2 Å². The molecular weight excluding hydrogens is 436 g/mol. The number of aryl methyl sites for hydroxylation is 1. The van der Waals surface area contributed by atoms with Gasteiger partial charge in [-0.15, -0.1) is 0 Å². The normalized spacial score (nSPS) is 15.3. The molecule has 1 N–H and O–H groups in total. The minimum Gasteiger partial charge on any atom is -0.352 e. The summed E-state index contributed by atoms with van der Waals surface area (Å²) < 4.78 is 29.4. The molecule has 1 amide bonds. The summed E-state index contributed by atoms with van der Waals surface area (Å²) in [5.41, 5.74) is 2.16. The van der Waals surface area contributed by atoms with Crippen LogP contribution in [-0.4, -0.2) is 47.8 Å². The maximum Gasteiger partial charge on any atom is 0.252 e. The Kier molecular flexibility index (Phi) is 6.60. The number of hydrogen-bond acceptors (Lipinski definition) is 4. The van der Waals surface area contributed by atoms with E-state index in [0.717, 1.165) is 30.3 Å². The number of nitrogens with one attached hydrogen (secondary N) is 1. The molecule has 1 aliphatic rings. The molecule has 0 unspecified atom stereocenters. The van der Waals surface area contributed by atoms with Crippen LogP contribution in [0.3, 0.4) is 0 Å². The number of carbonyl (C=O) groups is 1. The Hall–Kier alpha value is -2.42. The molecule has 9 heteroatoms. The summed E-state index contributed by atoms with van der Waals surface area (Å²) in [4.78, 5) is 17.1. The third kappa shape index (κ3) is 4.76. The quantitative estimate of drug-likeness (QED) is 0.545. The number of aromatic nitrogens is 2. The Bertz CT molecular complexity index is 1190. The largest absolute Gasteiger partial charge is 0.352 e. The Morgan fingerprint density at radius 1 is 1.10 bits per heavy atom. The SMILES string of the molecule is O=C(NCCCn1cnc2ccccc21)c1cc(S(=O)(=O)N2CCCCC2)ccc1Cl. The third-order valence-corrected chi connectivity index (χ3v) is 7.75. The number of para-hydroxylation sites is 2. The standard InChI is InChI=1S/C22H25ClN4O3S/c23-19-10-9-17(31(29,30)27-13-4-1-5-14-27)15-18(19)22(28)24-11-6-12-26-16-25-20-7-2-3-8-21(20)26/h2-3,7-10,15-16H,1,4-6,11-14H2,(H,24,28). The molecule has 0 bridgehead atoms. The first-order valence-corrected chi connectivity index (χ1v) is 12.3. The van der Waals surface area contributed by atoms with E-state index in [2.05, 4.69) is 10.3 Å². The van der Waals surface area contributed by atoms with Crippen LogP contribution in [0.1, 0.15) is 36.0 Å². The van der Waals surface area contributed by atoms with E-state index in [1.807, 2.05) is 28.8 Å². The number of hydrogen-bond donors (Lipinski definition) is 1. The molecule has 0 radical (unpaired) electrons. The summed E-state index contributed by atoms with van der Waals surface area (Å²) in [6, 6.07) is 12.2. The van der Waals surface area contributed by atoms with Gasteiger partial charge in [0, 0.05) is 26.2 Å². The minimum absolute atomic E-state index is 0.105. The summed E-state index contributed by atoms with van der Waals surface area (Å²) in [5, 5.41) is 3.08. The van der Waals surface area contributed by atoms with E-state index in [1.54, 1.807) is 6.33 Å². The highest BCUT2D eigenvalue weighted by Gasteiger charge is 2.27. The fourth-order valence-electron chi connectivity index (χ4n) is 3.83. The van der Waals surface area contributed by atoms with Crippen LogP contribution in [0.5, 0.6) is 0 Å². The molecule has 0 spiro atoms. The van der Waals surface area contributed by atoms with Gasteiger partial charge in [-0.3, -0.25) is 4.79 Å². The highest BCUT2D eigenvalue weighted by atomic mass is 35.5. The topological polar surface area (TPSA) is 84.3 Å². The summed E-state index contributed by atoms with van der Waals surface area (Å²) in [7, 11) is -3.63. The van der Waals surface area contributed by atoms with Crippen LogP contribution in [0.4, 0.5) is 0 Å². The lowest BCUT2D eigenvalue weighted by molar-refractivity contribution is 0.0952. The second-order valence-corrected chi connectivity index (χ2v) is 9.99. The molecule has 4 rings (SSSR count). The molecule has 31 heavy (non-hydrogen) atoms. The maximum absolute atomic E-state index is 12.9. The number of sulfonamides is 1. The van der Waals surface area contributed by atoms with Crippen molar-refractivity contribution in [2.45, 2.75) is 37.1 Å². The second-order valence-electron chi connectivity index (χ2n) is 7.64. The van der Waals surface area contributed by atoms with Crippen LogP contribution in [0.15, 0.2) is 53.7 Å². The summed E-state index contributed by atoms with van der Waals surface area (Å²) in [6.45, 7) is 2.16. The van der Waals surface area contributed by atoms with Crippen LogP contribution in [0, 0.1) is 0 Å². The van der Waals surface area contributed by atoms with Gasteiger partial charge in [0.25, 0.3) is 5.91 Å². The van der Waals surface area contributed by atoms with Gasteiger partial charge in [-0.2, -0.15) is 4.31 Å². The summed E-state index contributed by atoms with van der Waals surface area (Å²) in [6.07, 6.45) is 5.24. The van der Waals surface area contributed by atoms with Crippen molar-refractivity contribution < 1.29 is 13.2 Å². The van der Waals surface area contributed by atoms with Crippen LogP contribution in [0.25, 0.3) is 11.0 Å². The fraction of sp³-hybridized carbons (Fsp3) is 0.364. The van der Waals surface area contributed by atoms with Gasteiger partial charge in [0.05, 0.1) is 32.8 Å². The molecule has 7 nitrogen and oxygen atoms in total. The molecule has 1 fully saturated rings. The van der Waals surface area contributed by atoms with E-state index in [4.69, 9.17) is 11.6 Å². The molecule has 3 aromatic rings. The van der Waals surface area contributed by atoms with Gasteiger partial charge in [0.2, 0.25) is 10.0 Å². The monoisotopic (exact) mass is 460 g/mol. The lowest BCUT2D eigenvalue weighted by Crippen LogP contribution is -2.35. The number of halogens is 1. The molecule has 164 valence electrons. The lowest BCUT2D eigenvalue weighted by Gasteiger charge is -2.26. The summed E-state index contributed by atoms with van der Waals surface area (Å²) >= 11 is 6.20. The molecule has 0 saturated carbocycles. The van der Waals surface area contributed by atoms with E-state index in [-0.39, 0.29) is 21.4 Å². The molecule has 1 aliphatic heterocycles. The van der Waals surface area contributed by atoms with Crippen molar-refractivity contribution in [1.29, 1.82) is 0 Å². The van der Waals surface area contributed by atoms with Crippen molar-refractivity contribution in [3.8, 4) is 0 Å². The minimum atomic E-state index is -3.63. The lowest BCUT2D eigenvalue weighted by atomic mass is 10.2. The number of piperidine rings is 1. The average Bonchev–Trinajstić information content (AvgIpc) is 3.20. The van der Waals surface area contributed by atoms with Gasteiger partial charge < -0.3 is 9.88 Å². The van der Waals surface area contributed by atoms with Gasteiger partial charge in [0.1, 0.15) is 0 Å². The van der Waals surface area contributed by atoms with E-state index in [1.165, 1.54) is 22.5 Å². The predicted octanol–water partition coefficient (Wildman–Crippen LogP) is 3.68. The van der Waals surface area contributed by atoms with Crippen LogP contribution >= 0.6 is 11.6 Å². The second kappa shape index (κ2) is 9.38.